The Kier molecular flexibility index (Phi) is 5.30. The van der Waals surface area contributed by atoms with Gasteiger partial charge < -0.3 is 9.73 Å². The molecule has 1 aliphatic carbocycles. The van der Waals surface area contributed by atoms with Crippen molar-refractivity contribution in [3.05, 3.63) is 53.5 Å². The molecule has 25 heavy (non-hydrogen) atoms. The Labute approximate surface area is 146 Å². The number of amides is 1. The summed E-state index contributed by atoms with van der Waals surface area (Å²) in [5.41, 5.74) is 0.747. The first kappa shape index (κ1) is 17.0. The molecule has 4 nitrogen and oxygen atoms in total. The number of hydrogen-bond donors (Lipinski definition) is 1. The zero-order chi connectivity index (χ0) is 17.6. The predicted molar refractivity (Wildman–Crippen MR) is 92.7 cm³/mol. The lowest BCUT2D eigenvalue weighted by Gasteiger charge is -2.22. The van der Waals surface area contributed by atoms with Crippen LogP contribution in [0.1, 0.15) is 37.9 Å². The van der Waals surface area contributed by atoms with E-state index in [1.54, 1.807) is 24.3 Å². The summed E-state index contributed by atoms with van der Waals surface area (Å²) in [6, 6.07) is 11.4. The van der Waals surface area contributed by atoms with Crippen molar-refractivity contribution < 1.29 is 13.6 Å². The highest BCUT2D eigenvalue weighted by Gasteiger charge is 2.18. The summed E-state index contributed by atoms with van der Waals surface area (Å²) >= 11 is 0. The largest absolute Gasteiger partial charge is 0.457 e. The monoisotopic (exact) mass is 338 g/mol. The molecule has 0 aliphatic heterocycles. The molecule has 1 saturated carbocycles. The van der Waals surface area contributed by atoms with Crippen molar-refractivity contribution in [2.24, 2.45) is 0 Å². The molecule has 1 aromatic heterocycles. The summed E-state index contributed by atoms with van der Waals surface area (Å²) in [4.78, 5) is 12.3. The Balaban J connectivity index is 1.72. The van der Waals surface area contributed by atoms with Gasteiger partial charge in [-0.25, -0.2) is 4.39 Å². The molecular weight excluding hydrogens is 319 g/mol. The van der Waals surface area contributed by atoms with Crippen LogP contribution < -0.4 is 5.32 Å². The first-order chi connectivity index (χ1) is 12.2. The van der Waals surface area contributed by atoms with Gasteiger partial charge in [0.2, 0.25) is 0 Å². The summed E-state index contributed by atoms with van der Waals surface area (Å²) in [6.07, 6.45) is 6.77. The van der Waals surface area contributed by atoms with Crippen LogP contribution >= 0.6 is 0 Å². The Bertz CT molecular complexity index is 809. The Morgan fingerprint density at radius 3 is 2.56 bits per heavy atom. The molecule has 1 aromatic carbocycles. The van der Waals surface area contributed by atoms with Crippen LogP contribution in [0.4, 0.5) is 4.39 Å². The molecule has 128 valence electrons. The average Bonchev–Trinajstić information content (AvgIpc) is 3.09. The summed E-state index contributed by atoms with van der Waals surface area (Å²) in [5.74, 6) is 0.279. The lowest BCUT2D eigenvalue weighted by Crippen LogP contribution is -2.36. The standard InChI is InChI=1S/C20H19FN2O2/c21-16-8-6-14(7-9-16)19-11-10-18(25-19)12-15(13-22)20(24)23-17-4-2-1-3-5-17/h6-12,17H,1-5H2,(H,23,24). The van der Waals surface area contributed by atoms with Gasteiger partial charge in [0.25, 0.3) is 5.91 Å². The number of carbonyl (C=O) groups is 1. The second-order valence-corrected chi connectivity index (χ2v) is 6.19. The van der Waals surface area contributed by atoms with Gasteiger partial charge in [0.15, 0.2) is 0 Å². The zero-order valence-electron chi connectivity index (χ0n) is 13.8. The van der Waals surface area contributed by atoms with E-state index in [2.05, 4.69) is 5.32 Å². The van der Waals surface area contributed by atoms with Gasteiger partial charge >= 0.3 is 0 Å². The number of rotatable bonds is 4. The van der Waals surface area contributed by atoms with E-state index in [9.17, 15) is 14.4 Å². The van der Waals surface area contributed by atoms with Gasteiger partial charge in [-0.3, -0.25) is 4.79 Å². The quantitative estimate of drug-likeness (QED) is 0.662. The van der Waals surface area contributed by atoms with E-state index in [1.807, 2.05) is 6.07 Å². The Morgan fingerprint density at radius 1 is 1.16 bits per heavy atom. The maximum Gasteiger partial charge on any atom is 0.262 e. The van der Waals surface area contributed by atoms with Crippen LogP contribution in [0.3, 0.4) is 0 Å². The molecule has 1 amide bonds. The molecule has 0 spiro atoms. The highest BCUT2D eigenvalue weighted by molar-refractivity contribution is 6.01. The van der Waals surface area contributed by atoms with Gasteiger partial charge in [-0.05, 0) is 49.2 Å². The van der Waals surface area contributed by atoms with E-state index in [1.165, 1.54) is 24.6 Å². The minimum Gasteiger partial charge on any atom is -0.457 e. The minimum absolute atomic E-state index is 0.0191. The molecule has 0 unspecified atom stereocenters. The van der Waals surface area contributed by atoms with E-state index in [4.69, 9.17) is 4.42 Å². The first-order valence-electron chi connectivity index (χ1n) is 8.44. The van der Waals surface area contributed by atoms with E-state index in [-0.39, 0.29) is 23.3 Å². The fraction of sp³-hybridized carbons (Fsp3) is 0.300. The van der Waals surface area contributed by atoms with Crippen LogP contribution in [0, 0.1) is 17.1 Å². The fourth-order valence-corrected chi connectivity index (χ4v) is 3.00. The van der Waals surface area contributed by atoms with Crippen molar-refractivity contribution in [1.82, 2.24) is 5.32 Å². The number of carbonyl (C=O) groups excluding carboxylic acids is 1. The zero-order valence-corrected chi connectivity index (χ0v) is 13.8. The maximum atomic E-state index is 13.0. The number of furan rings is 1. The maximum absolute atomic E-state index is 13.0. The van der Waals surface area contributed by atoms with Gasteiger partial charge in [0, 0.05) is 17.7 Å². The fourth-order valence-electron chi connectivity index (χ4n) is 3.00. The summed E-state index contributed by atoms with van der Waals surface area (Å²) in [5, 5.41) is 12.2. The highest BCUT2D eigenvalue weighted by Crippen LogP contribution is 2.24. The Morgan fingerprint density at radius 2 is 1.88 bits per heavy atom. The van der Waals surface area contributed by atoms with Crippen molar-refractivity contribution in [1.29, 1.82) is 5.26 Å². The third-order valence-electron chi connectivity index (χ3n) is 4.35. The molecule has 5 heteroatoms. The van der Waals surface area contributed by atoms with Crippen LogP contribution in [0.2, 0.25) is 0 Å². The SMILES string of the molecule is N#CC(=Cc1ccc(-c2ccc(F)cc2)o1)C(=O)NC1CCCCC1. The Hall–Kier alpha value is -2.87. The van der Waals surface area contributed by atoms with Crippen LogP contribution in [-0.2, 0) is 4.79 Å². The molecule has 1 fully saturated rings. The van der Waals surface area contributed by atoms with Gasteiger partial charge in [-0.1, -0.05) is 19.3 Å². The molecule has 1 N–H and O–H groups in total. The lowest BCUT2D eigenvalue weighted by molar-refractivity contribution is -0.117. The molecule has 0 radical (unpaired) electrons. The van der Waals surface area contributed by atoms with Crippen molar-refractivity contribution in [2.75, 3.05) is 0 Å². The number of hydrogen-bond acceptors (Lipinski definition) is 3. The summed E-state index contributed by atoms with van der Waals surface area (Å²) < 4.78 is 18.6. The summed E-state index contributed by atoms with van der Waals surface area (Å²) in [6.45, 7) is 0. The van der Waals surface area contributed by atoms with Crippen molar-refractivity contribution in [3.8, 4) is 17.4 Å². The topological polar surface area (TPSA) is 66.0 Å². The van der Waals surface area contributed by atoms with Crippen LogP contribution in [0.25, 0.3) is 17.4 Å². The number of nitriles is 1. The van der Waals surface area contributed by atoms with Crippen LogP contribution in [-0.4, -0.2) is 11.9 Å². The molecule has 3 rings (SSSR count). The number of nitrogens with zero attached hydrogens (tertiary/aromatic N) is 1. The highest BCUT2D eigenvalue weighted by atomic mass is 19.1. The predicted octanol–water partition coefficient (Wildman–Crippen LogP) is 4.44. The summed E-state index contributed by atoms with van der Waals surface area (Å²) in [7, 11) is 0. The van der Waals surface area contributed by atoms with Crippen molar-refractivity contribution in [2.45, 2.75) is 38.1 Å². The molecular formula is C20H19FN2O2. The second kappa shape index (κ2) is 7.80. The normalized spacial score (nSPS) is 15.6. The second-order valence-electron chi connectivity index (χ2n) is 6.19. The van der Waals surface area contributed by atoms with Crippen LogP contribution in [0.15, 0.2) is 46.4 Å². The third kappa shape index (κ3) is 4.36. The van der Waals surface area contributed by atoms with Crippen molar-refractivity contribution >= 4 is 12.0 Å². The van der Waals surface area contributed by atoms with Gasteiger partial charge in [0.1, 0.15) is 29.0 Å². The average molecular weight is 338 g/mol. The number of halogens is 1. The molecule has 2 aromatic rings. The molecule has 0 saturated heterocycles. The molecule has 0 atom stereocenters. The van der Waals surface area contributed by atoms with Crippen molar-refractivity contribution in [3.63, 3.8) is 0 Å². The third-order valence-corrected chi connectivity index (χ3v) is 4.35. The van der Waals surface area contributed by atoms with Crippen LogP contribution in [0.5, 0.6) is 0 Å². The van der Waals surface area contributed by atoms with E-state index < -0.39 is 0 Å². The first-order valence-corrected chi connectivity index (χ1v) is 8.44. The number of nitrogens with one attached hydrogen (secondary N) is 1. The number of benzene rings is 1. The van der Waals surface area contributed by atoms with E-state index in [0.29, 0.717) is 11.5 Å². The lowest BCUT2D eigenvalue weighted by atomic mass is 9.95. The molecule has 1 heterocycles. The van der Waals surface area contributed by atoms with Gasteiger partial charge in [0.05, 0.1) is 0 Å². The smallest absolute Gasteiger partial charge is 0.262 e. The molecule has 1 aliphatic rings. The minimum atomic E-state index is -0.367. The van der Waals surface area contributed by atoms with E-state index in [0.717, 1.165) is 31.2 Å². The van der Waals surface area contributed by atoms with Gasteiger partial charge in [-0.2, -0.15) is 5.26 Å². The van der Waals surface area contributed by atoms with Gasteiger partial charge in [-0.15, -0.1) is 0 Å². The van der Waals surface area contributed by atoms with E-state index >= 15 is 0 Å². The molecule has 0 bridgehead atoms.